The number of rotatable bonds is 5. The van der Waals surface area contributed by atoms with Gasteiger partial charge in [-0.3, -0.25) is 4.79 Å². The van der Waals surface area contributed by atoms with Gasteiger partial charge in [-0.15, -0.1) is 0 Å². The third-order valence-electron chi connectivity index (χ3n) is 6.26. The van der Waals surface area contributed by atoms with Crippen molar-refractivity contribution < 1.29 is 14.6 Å². The summed E-state index contributed by atoms with van der Waals surface area (Å²) in [5.41, 5.74) is 1.17. The van der Waals surface area contributed by atoms with Crippen LogP contribution in [0.2, 0.25) is 0 Å². The lowest BCUT2D eigenvalue weighted by Crippen LogP contribution is -2.28. The second kappa shape index (κ2) is 5.94. The Kier molecular flexibility index (Phi) is 3.69. The molecule has 1 unspecified atom stereocenters. The first-order valence-corrected chi connectivity index (χ1v) is 9.63. The molecule has 0 radical (unpaired) electrons. The van der Waals surface area contributed by atoms with E-state index >= 15 is 0 Å². The fourth-order valence-electron chi connectivity index (χ4n) is 4.39. The summed E-state index contributed by atoms with van der Waals surface area (Å²) in [6.45, 7) is 2.79. The van der Waals surface area contributed by atoms with E-state index < -0.39 is 5.97 Å². The van der Waals surface area contributed by atoms with Gasteiger partial charge in [-0.2, -0.15) is 0 Å². The Morgan fingerprint density at radius 1 is 1.12 bits per heavy atom. The van der Waals surface area contributed by atoms with Crippen molar-refractivity contribution in [2.75, 3.05) is 31.2 Å². The molecule has 2 saturated carbocycles. The van der Waals surface area contributed by atoms with E-state index in [1.165, 1.54) is 31.4 Å². The molecule has 4 fully saturated rings. The summed E-state index contributed by atoms with van der Waals surface area (Å²) < 4.78 is 5.52. The maximum Gasteiger partial charge on any atom is 0.308 e. The first kappa shape index (κ1) is 15.6. The zero-order chi connectivity index (χ0) is 17.0. The molecule has 0 bridgehead atoms. The summed E-state index contributed by atoms with van der Waals surface area (Å²) in [7, 11) is 0. The summed E-state index contributed by atoms with van der Waals surface area (Å²) in [4.78, 5) is 23.6. The van der Waals surface area contributed by atoms with Crippen molar-refractivity contribution in [3.05, 3.63) is 17.6 Å². The molecule has 2 aliphatic heterocycles. The van der Waals surface area contributed by atoms with Gasteiger partial charge >= 0.3 is 5.97 Å². The minimum atomic E-state index is -0.682. The third kappa shape index (κ3) is 3.01. The maximum atomic E-state index is 11.8. The number of hydrogen-bond acceptors (Lipinski definition) is 5. The van der Waals surface area contributed by atoms with Crippen molar-refractivity contribution in [1.82, 2.24) is 9.97 Å². The number of anilines is 1. The van der Waals surface area contributed by atoms with Crippen LogP contribution in [0.4, 0.5) is 5.82 Å². The normalized spacial score (nSPS) is 32.3. The number of carboxylic acid groups (broad SMARTS) is 1. The van der Waals surface area contributed by atoms with Crippen LogP contribution in [0.25, 0.3) is 0 Å². The molecule has 1 aromatic rings. The summed E-state index contributed by atoms with van der Waals surface area (Å²) in [6, 6.07) is 2.12. The second-order valence-corrected chi connectivity index (χ2v) is 8.19. The quantitative estimate of drug-likeness (QED) is 0.885. The van der Waals surface area contributed by atoms with Gasteiger partial charge in [-0.05, 0) is 43.9 Å². The number of ether oxygens (including phenoxy) is 1. The SMILES string of the molecule is O=C(O)[C@@H]1CN(c2cc(C3CC3)nc(C3CC3)n2)C[C@H]1C1CCOC1. The summed E-state index contributed by atoms with van der Waals surface area (Å²) in [5, 5.41) is 9.71. The van der Waals surface area contributed by atoms with Gasteiger partial charge in [-0.25, -0.2) is 9.97 Å². The van der Waals surface area contributed by atoms with Gasteiger partial charge in [-0.1, -0.05) is 0 Å². The molecule has 134 valence electrons. The third-order valence-corrected chi connectivity index (χ3v) is 6.26. The van der Waals surface area contributed by atoms with Crippen molar-refractivity contribution in [2.45, 2.75) is 43.9 Å². The molecule has 1 aromatic heterocycles. The molecule has 2 saturated heterocycles. The monoisotopic (exact) mass is 343 g/mol. The average Bonchev–Trinajstić information content (AvgIpc) is 3.53. The molecular weight excluding hydrogens is 318 g/mol. The van der Waals surface area contributed by atoms with Crippen LogP contribution in [-0.4, -0.2) is 47.3 Å². The number of aromatic nitrogens is 2. The van der Waals surface area contributed by atoms with Crippen molar-refractivity contribution in [3.63, 3.8) is 0 Å². The van der Waals surface area contributed by atoms with E-state index in [0.717, 1.165) is 31.2 Å². The molecule has 6 heteroatoms. The second-order valence-electron chi connectivity index (χ2n) is 8.19. The first-order chi connectivity index (χ1) is 12.2. The molecule has 0 amide bonds. The zero-order valence-electron chi connectivity index (χ0n) is 14.4. The Bertz CT molecular complexity index is 650. The highest BCUT2D eigenvalue weighted by Gasteiger charge is 2.44. The van der Waals surface area contributed by atoms with Crippen LogP contribution in [0.15, 0.2) is 6.07 Å². The van der Waals surface area contributed by atoms with Gasteiger partial charge in [0.2, 0.25) is 0 Å². The molecule has 3 heterocycles. The van der Waals surface area contributed by atoms with E-state index in [1.54, 1.807) is 0 Å². The predicted molar refractivity (Wildman–Crippen MR) is 91.7 cm³/mol. The van der Waals surface area contributed by atoms with Crippen molar-refractivity contribution >= 4 is 11.8 Å². The maximum absolute atomic E-state index is 11.8. The molecular formula is C19H25N3O3. The largest absolute Gasteiger partial charge is 0.481 e. The molecule has 2 aliphatic carbocycles. The minimum absolute atomic E-state index is 0.156. The van der Waals surface area contributed by atoms with E-state index in [0.29, 0.717) is 30.9 Å². The average molecular weight is 343 g/mol. The lowest BCUT2D eigenvalue weighted by molar-refractivity contribution is -0.142. The molecule has 3 atom stereocenters. The van der Waals surface area contributed by atoms with Crippen LogP contribution < -0.4 is 4.90 Å². The van der Waals surface area contributed by atoms with Gasteiger partial charge in [0.25, 0.3) is 0 Å². The number of aliphatic carboxylic acids is 1. The van der Waals surface area contributed by atoms with Gasteiger partial charge in [0, 0.05) is 49.9 Å². The van der Waals surface area contributed by atoms with Crippen molar-refractivity contribution in [3.8, 4) is 0 Å². The van der Waals surface area contributed by atoms with Crippen molar-refractivity contribution in [2.24, 2.45) is 17.8 Å². The summed E-state index contributed by atoms with van der Waals surface area (Å²) in [5.74, 6) is 2.56. The predicted octanol–water partition coefficient (Wildman–Crippen LogP) is 2.40. The van der Waals surface area contributed by atoms with Crippen LogP contribution in [-0.2, 0) is 9.53 Å². The van der Waals surface area contributed by atoms with Gasteiger partial charge in [0.05, 0.1) is 5.92 Å². The lowest BCUT2D eigenvalue weighted by Gasteiger charge is -2.21. The van der Waals surface area contributed by atoms with E-state index in [9.17, 15) is 9.90 Å². The van der Waals surface area contributed by atoms with E-state index in [-0.39, 0.29) is 11.8 Å². The standard InChI is InChI=1S/C19H25N3O3/c23-19(24)15-9-22(8-14(15)13-5-6-25-10-13)17-7-16(11-1-2-11)20-18(21-17)12-3-4-12/h7,11-15H,1-6,8-10H2,(H,23,24)/t13?,14-,15+/m0/s1. The number of carbonyl (C=O) groups is 1. The summed E-state index contributed by atoms with van der Waals surface area (Å²) in [6.07, 6.45) is 5.80. The van der Waals surface area contributed by atoms with Crippen LogP contribution in [0.5, 0.6) is 0 Å². The number of nitrogens with zero attached hydrogens (tertiary/aromatic N) is 3. The topological polar surface area (TPSA) is 75.5 Å². The van der Waals surface area contributed by atoms with E-state index in [1.807, 2.05) is 0 Å². The Morgan fingerprint density at radius 2 is 1.92 bits per heavy atom. The molecule has 1 N–H and O–H groups in total. The Labute approximate surface area is 147 Å². The molecule has 5 rings (SSSR count). The molecule has 0 aromatic carbocycles. The van der Waals surface area contributed by atoms with E-state index in [4.69, 9.17) is 14.7 Å². The molecule has 25 heavy (non-hydrogen) atoms. The fourth-order valence-corrected chi connectivity index (χ4v) is 4.39. The fraction of sp³-hybridized carbons (Fsp3) is 0.737. The van der Waals surface area contributed by atoms with Crippen molar-refractivity contribution in [1.29, 1.82) is 0 Å². The highest BCUT2D eigenvalue weighted by Crippen LogP contribution is 2.44. The van der Waals surface area contributed by atoms with Crippen LogP contribution in [0, 0.1) is 17.8 Å². The van der Waals surface area contributed by atoms with Gasteiger partial charge < -0.3 is 14.7 Å². The van der Waals surface area contributed by atoms with Crippen LogP contribution >= 0.6 is 0 Å². The Morgan fingerprint density at radius 3 is 2.56 bits per heavy atom. The molecule has 0 spiro atoms. The number of carboxylic acids is 1. The molecule has 4 aliphatic rings. The smallest absolute Gasteiger partial charge is 0.308 e. The molecule has 6 nitrogen and oxygen atoms in total. The highest BCUT2D eigenvalue weighted by molar-refractivity contribution is 5.72. The van der Waals surface area contributed by atoms with Gasteiger partial charge in [0.15, 0.2) is 0 Å². The summed E-state index contributed by atoms with van der Waals surface area (Å²) >= 11 is 0. The van der Waals surface area contributed by atoms with E-state index in [2.05, 4.69) is 11.0 Å². The van der Waals surface area contributed by atoms with Crippen LogP contribution in [0.1, 0.15) is 55.5 Å². The first-order valence-electron chi connectivity index (χ1n) is 9.63. The zero-order valence-corrected chi connectivity index (χ0v) is 14.4. The number of hydrogen-bond donors (Lipinski definition) is 1. The van der Waals surface area contributed by atoms with Crippen LogP contribution in [0.3, 0.4) is 0 Å². The van der Waals surface area contributed by atoms with Gasteiger partial charge in [0.1, 0.15) is 11.6 Å². The lowest BCUT2D eigenvalue weighted by atomic mass is 9.83. The highest BCUT2D eigenvalue weighted by atomic mass is 16.5. The minimum Gasteiger partial charge on any atom is -0.481 e. The Balaban J connectivity index is 1.43. The Hall–Kier alpha value is -1.69.